The SMILES string of the molecule is CC(C)OCCCNS(=O)(=O)c1ccc2c(c1)sc(=O)n2C. The van der Waals surface area contributed by atoms with E-state index in [1.807, 2.05) is 13.8 Å². The summed E-state index contributed by atoms with van der Waals surface area (Å²) in [5, 5.41) is 0. The summed E-state index contributed by atoms with van der Waals surface area (Å²) in [7, 11) is -1.90. The highest BCUT2D eigenvalue weighted by Crippen LogP contribution is 2.20. The number of aryl methyl sites for hydroxylation is 1. The third kappa shape index (κ3) is 3.95. The number of thiazole rings is 1. The van der Waals surface area contributed by atoms with Gasteiger partial charge in [0.05, 0.1) is 21.2 Å². The van der Waals surface area contributed by atoms with E-state index >= 15 is 0 Å². The van der Waals surface area contributed by atoms with Crippen molar-refractivity contribution in [2.45, 2.75) is 31.3 Å². The Balaban J connectivity index is 2.07. The Morgan fingerprint density at radius 1 is 1.36 bits per heavy atom. The van der Waals surface area contributed by atoms with Crippen LogP contribution in [0.1, 0.15) is 20.3 Å². The van der Waals surface area contributed by atoms with Gasteiger partial charge in [-0.3, -0.25) is 4.79 Å². The van der Waals surface area contributed by atoms with Crippen molar-refractivity contribution in [3.05, 3.63) is 27.9 Å². The van der Waals surface area contributed by atoms with Crippen molar-refractivity contribution in [2.75, 3.05) is 13.2 Å². The van der Waals surface area contributed by atoms with E-state index < -0.39 is 10.0 Å². The van der Waals surface area contributed by atoms with Gasteiger partial charge in [0.1, 0.15) is 0 Å². The molecule has 1 aromatic heterocycles. The van der Waals surface area contributed by atoms with Crippen molar-refractivity contribution < 1.29 is 13.2 Å². The van der Waals surface area contributed by atoms with Crippen LogP contribution >= 0.6 is 11.3 Å². The molecule has 1 heterocycles. The molecule has 0 atom stereocenters. The molecule has 0 amide bonds. The van der Waals surface area contributed by atoms with Crippen LogP contribution in [0.25, 0.3) is 10.2 Å². The molecule has 0 aliphatic carbocycles. The summed E-state index contributed by atoms with van der Waals surface area (Å²) in [4.78, 5) is 11.7. The van der Waals surface area contributed by atoms with E-state index in [-0.39, 0.29) is 15.9 Å². The first kappa shape index (κ1) is 17.1. The van der Waals surface area contributed by atoms with Crippen molar-refractivity contribution in [1.29, 1.82) is 0 Å². The lowest BCUT2D eigenvalue weighted by atomic mass is 10.3. The summed E-state index contributed by atoms with van der Waals surface area (Å²) < 4.78 is 34.5. The Labute approximate surface area is 133 Å². The maximum atomic E-state index is 12.2. The largest absolute Gasteiger partial charge is 0.379 e. The molecule has 122 valence electrons. The molecule has 0 saturated carbocycles. The lowest BCUT2D eigenvalue weighted by molar-refractivity contribution is 0.0778. The molecule has 0 aliphatic heterocycles. The molecule has 0 saturated heterocycles. The fourth-order valence-corrected chi connectivity index (χ4v) is 4.06. The van der Waals surface area contributed by atoms with E-state index in [1.165, 1.54) is 16.7 Å². The van der Waals surface area contributed by atoms with E-state index in [1.54, 1.807) is 13.1 Å². The number of rotatable bonds is 7. The van der Waals surface area contributed by atoms with Crippen LogP contribution in [0, 0.1) is 0 Å². The molecule has 0 fully saturated rings. The van der Waals surface area contributed by atoms with E-state index in [0.717, 1.165) is 16.9 Å². The summed E-state index contributed by atoms with van der Waals surface area (Å²) in [6.07, 6.45) is 0.748. The predicted molar refractivity (Wildman–Crippen MR) is 88.0 cm³/mol. The van der Waals surface area contributed by atoms with Crippen LogP contribution in [0.4, 0.5) is 0 Å². The number of hydrogen-bond acceptors (Lipinski definition) is 5. The van der Waals surface area contributed by atoms with Gasteiger partial charge in [0, 0.05) is 20.2 Å². The second kappa shape index (κ2) is 6.91. The zero-order valence-electron chi connectivity index (χ0n) is 12.8. The second-order valence-corrected chi connectivity index (χ2v) is 7.99. The fraction of sp³-hybridized carbons (Fsp3) is 0.500. The molecule has 22 heavy (non-hydrogen) atoms. The molecule has 1 N–H and O–H groups in total. The smallest absolute Gasteiger partial charge is 0.307 e. The Morgan fingerprint density at radius 2 is 2.09 bits per heavy atom. The minimum atomic E-state index is -3.57. The first-order valence-corrected chi connectivity index (χ1v) is 9.32. The van der Waals surface area contributed by atoms with Crippen LogP contribution in [0.5, 0.6) is 0 Å². The van der Waals surface area contributed by atoms with Crippen LogP contribution in [-0.4, -0.2) is 32.2 Å². The molecule has 0 spiro atoms. The zero-order valence-corrected chi connectivity index (χ0v) is 14.5. The van der Waals surface area contributed by atoms with Crippen LogP contribution in [-0.2, 0) is 21.8 Å². The standard InChI is InChI=1S/C14H20N2O4S2/c1-10(2)20-8-4-7-15-22(18,19)11-5-6-12-13(9-11)21-14(17)16(12)3/h5-6,9-10,15H,4,7-8H2,1-3H3. The minimum absolute atomic E-state index is 0.108. The Morgan fingerprint density at radius 3 is 2.77 bits per heavy atom. The van der Waals surface area contributed by atoms with Gasteiger partial charge in [-0.25, -0.2) is 13.1 Å². The summed E-state index contributed by atoms with van der Waals surface area (Å²) in [6.45, 7) is 4.70. The maximum absolute atomic E-state index is 12.2. The lowest BCUT2D eigenvalue weighted by Gasteiger charge is -2.09. The van der Waals surface area contributed by atoms with Gasteiger partial charge < -0.3 is 9.30 Å². The number of ether oxygens (including phenoxy) is 1. The maximum Gasteiger partial charge on any atom is 0.307 e. The van der Waals surface area contributed by atoms with Crippen molar-refractivity contribution in [2.24, 2.45) is 7.05 Å². The third-order valence-electron chi connectivity index (χ3n) is 3.14. The van der Waals surface area contributed by atoms with Crippen molar-refractivity contribution in [3.63, 3.8) is 0 Å². The van der Waals surface area contributed by atoms with E-state index in [4.69, 9.17) is 4.74 Å². The van der Waals surface area contributed by atoms with Gasteiger partial charge in [-0.05, 0) is 38.5 Å². The van der Waals surface area contributed by atoms with E-state index in [9.17, 15) is 13.2 Å². The number of nitrogens with one attached hydrogen (secondary N) is 1. The van der Waals surface area contributed by atoms with Gasteiger partial charge in [-0.1, -0.05) is 11.3 Å². The van der Waals surface area contributed by atoms with Gasteiger partial charge in [-0.2, -0.15) is 0 Å². The van der Waals surface area contributed by atoms with Crippen LogP contribution < -0.4 is 9.60 Å². The number of hydrogen-bond donors (Lipinski definition) is 1. The third-order valence-corrected chi connectivity index (χ3v) is 5.59. The molecule has 2 aromatic rings. The molecule has 1 aromatic carbocycles. The Bertz CT molecular complexity index is 806. The number of benzene rings is 1. The van der Waals surface area contributed by atoms with Crippen molar-refractivity contribution in [1.82, 2.24) is 9.29 Å². The summed E-state index contributed by atoms with van der Waals surface area (Å²) in [6, 6.07) is 4.71. The van der Waals surface area contributed by atoms with Gasteiger partial charge in [-0.15, -0.1) is 0 Å². The van der Waals surface area contributed by atoms with Gasteiger partial charge >= 0.3 is 4.87 Å². The highest BCUT2D eigenvalue weighted by molar-refractivity contribution is 7.89. The van der Waals surface area contributed by atoms with Gasteiger partial charge in [0.2, 0.25) is 10.0 Å². The molecule has 0 aliphatic rings. The lowest BCUT2D eigenvalue weighted by Crippen LogP contribution is -2.25. The molecule has 0 unspecified atom stereocenters. The molecular weight excluding hydrogens is 324 g/mol. The average molecular weight is 344 g/mol. The molecule has 0 bridgehead atoms. The highest BCUT2D eigenvalue weighted by Gasteiger charge is 2.15. The monoisotopic (exact) mass is 344 g/mol. The number of nitrogens with zero attached hydrogens (tertiary/aromatic N) is 1. The quantitative estimate of drug-likeness (QED) is 0.776. The number of aromatic nitrogens is 1. The number of fused-ring (bicyclic) bond motifs is 1. The van der Waals surface area contributed by atoms with Crippen molar-refractivity contribution >= 4 is 31.6 Å². The molecular formula is C14H20N2O4S2. The second-order valence-electron chi connectivity index (χ2n) is 5.23. The minimum Gasteiger partial charge on any atom is -0.379 e. The van der Waals surface area contributed by atoms with Crippen LogP contribution in [0.3, 0.4) is 0 Å². The zero-order chi connectivity index (χ0) is 16.3. The van der Waals surface area contributed by atoms with E-state index in [2.05, 4.69) is 4.72 Å². The summed E-state index contributed by atoms with van der Waals surface area (Å²) in [5.41, 5.74) is 0.735. The Kier molecular flexibility index (Phi) is 5.38. The predicted octanol–water partition coefficient (Wildman–Crippen LogP) is 1.69. The van der Waals surface area contributed by atoms with Crippen molar-refractivity contribution in [3.8, 4) is 0 Å². The molecule has 6 nitrogen and oxygen atoms in total. The van der Waals surface area contributed by atoms with E-state index in [0.29, 0.717) is 24.3 Å². The topological polar surface area (TPSA) is 77.4 Å². The molecule has 2 rings (SSSR count). The number of sulfonamides is 1. The van der Waals surface area contributed by atoms with Gasteiger partial charge in [0.15, 0.2) is 0 Å². The highest BCUT2D eigenvalue weighted by atomic mass is 32.2. The average Bonchev–Trinajstić information content (AvgIpc) is 2.73. The normalized spacial score (nSPS) is 12.4. The Hall–Kier alpha value is -1.22. The molecule has 8 heteroatoms. The van der Waals surface area contributed by atoms with Crippen LogP contribution in [0.15, 0.2) is 27.9 Å². The van der Waals surface area contributed by atoms with Gasteiger partial charge in [0.25, 0.3) is 0 Å². The first-order chi connectivity index (χ1) is 10.3. The summed E-state index contributed by atoms with van der Waals surface area (Å²) >= 11 is 1.04. The summed E-state index contributed by atoms with van der Waals surface area (Å²) in [5.74, 6) is 0. The molecule has 0 radical (unpaired) electrons. The first-order valence-electron chi connectivity index (χ1n) is 7.02. The van der Waals surface area contributed by atoms with Crippen LogP contribution in [0.2, 0.25) is 0 Å². The fourth-order valence-electron chi connectivity index (χ4n) is 1.96.